The molecule has 4 fully saturated rings. The molecular weight excluding hydrogens is 500 g/mol. The lowest BCUT2D eigenvalue weighted by molar-refractivity contribution is 0.00946. The number of pyridine rings is 1. The standard InChI is InChI=1S/C31H38N8O/c1-5-22(3)34-14-21(2)17-39-26-10-27(39)19-38(18-26)30-7-6-23(15-35-30)29-11-25(37-9-8-28(20-37)40-4)16-36-31(29)24(12-32)13-33/h5-7,11-12,14-16,26-28,32,36H,2,8-10,17-20H2,1,3-4H3/b22-5-,31-24+,32-12?,34-14-. The Labute approximate surface area is 237 Å². The molecule has 0 aromatic carbocycles. The SMILES string of the molecule is C=C(/C=N\C(C)=C/C)CN1C2CC1CN(c1ccc(C3=CC(N4CCC(OC)C4)=CN/C3=C(/C#N)C=N)cn1)C2. The Morgan fingerprint density at radius 3 is 2.73 bits per heavy atom. The molecule has 0 radical (unpaired) electrons. The number of piperazine rings is 1. The first-order chi connectivity index (χ1) is 19.4. The summed E-state index contributed by atoms with van der Waals surface area (Å²) in [5, 5.41) is 20.7. The van der Waals surface area contributed by atoms with Gasteiger partial charge in [-0.15, -0.1) is 0 Å². The van der Waals surface area contributed by atoms with Gasteiger partial charge in [-0.2, -0.15) is 5.26 Å². The highest BCUT2D eigenvalue weighted by Crippen LogP contribution is 2.35. The van der Waals surface area contributed by atoms with Crippen LogP contribution in [0.2, 0.25) is 0 Å². The van der Waals surface area contributed by atoms with Gasteiger partial charge in [0.05, 0.1) is 23.1 Å². The number of dihydropyridines is 1. The number of piperidine rings is 1. The number of aliphatic imine (C=N–C) groups is 1. The summed E-state index contributed by atoms with van der Waals surface area (Å²) in [7, 11) is 1.75. The molecule has 6 heterocycles. The summed E-state index contributed by atoms with van der Waals surface area (Å²) in [6.45, 7) is 12.6. The molecule has 0 spiro atoms. The van der Waals surface area contributed by atoms with Gasteiger partial charge in [0, 0.05) is 93.6 Å². The highest BCUT2D eigenvalue weighted by Gasteiger charge is 2.44. The monoisotopic (exact) mass is 538 g/mol. The van der Waals surface area contributed by atoms with E-state index in [2.05, 4.69) is 55.9 Å². The fourth-order valence-electron chi connectivity index (χ4n) is 5.84. The zero-order chi connectivity index (χ0) is 28.2. The number of hydrogen-bond acceptors (Lipinski definition) is 9. The Bertz CT molecular complexity index is 1330. The summed E-state index contributed by atoms with van der Waals surface area (Å²) in [4.78, 5) is 16.5. The van der Waals surface area contributed by atoms with E-state index in [0.29, 0.717) is 17.8 Å². The maximum absolute atomic E-state index is 9.66. The number of allylic oxidation sites excluding steroid dienone is 5. The van der Waals surface area contributed by atoms with Gasteiger partial charge in [-0.3, -0.25) is 9.89 Å². The van der Waals surface area contributed by atoms with E-state index in [1.54, 1.807) is 7.11 Å². The predicted molar refractivity (Wildman–Crippen MR) is 160 cm³/mol. The highest BCUT2D eigenvalue weighted by atomic mass is 16.5. The van der Waals surface area contributed by atoms with E-state index in [1.165, 1.54) is 6.42 Å². The van der Waals surface area contributed by atoms with Gasteiger partial charge in [-0.25, -0.2) is 4.98 Å². The summed E-state index contributed by atoms with van der Waals surface area (Å²) < 4.78 is 5.55. The van der Waals surface area contributed by atoms with Gasteiger partial charge in [0.25, 0.3) is 0 Å². The number of fused-ring (bicyclic) bond motifs is 2. The van der Waals surface area contributed by atoms with E-state index in [9.17, 15) is 5.26 Å². The lowest BCUT2D eigenvalue weighted by Crippen LogP contribution is -2.69. The van der Waals surface area contributed by atoms with Crippen LogP contribution >= 0.6 is 0 Å². The molecule has 5 aliphatic rings. The van der Waals surface area contributed by atoms with Gasteiger partial charge in [0.1, 0.15) is 11.9 Å². The molecule has 3 unspecified atom stereocenters. The number of anilines is 1. The third-order valence-corrected chi connectivity index (χ3v) is 8.29. The Kier molecular flexibility index (Phi) is 8.29. The van der Waals surface area contributed by atoms with Crippen molar-refractivity contribution < 1.29 is 4.74 Å². The Morgan fingerprint density at radius 1 is 1.30 bits per heavy atom. The second kappa shape index (κ2) is 12.0. The molecule has 0 amide bonds. The number of methoxy groups -OCH3 is 1. The van der Waals surface area contributed by atoms with Crippen molar-refractivity contribution in [3.8, 4) is 6.07 Å². The molecule has 1 aromatic heterocycles. The number of aromatic nitrogens is 1. The molecule has 9 nitrogen and oxygen atoms in total. The molecule has 9 heteroatoms. The molecule has 40 heavy (non-hydrogen) atoms. The number of nitriles is 1. The number of ether oxygens (including phenoxy) is 1. The molecule has 2 N–H and O–H groups in total. The molecule has 5 aliphatic heterocycles. The molecule has 4 saturated heterocycles. The van der Waals surface area contributed by atoms with Gasteiger partial charge < -0.3 is 25.3 Å². The number of rotatable bonds is 9. The van der Waals surface area contributed by atoms with E-state index in [-0.39, 0.29) is 11.7 Å². The third-order valence-electron chi connectivity index (χ3n) is 8.29. The third kappa shape index (κ3) is 5.64. The van der Waals surface area contributed by atoms with Crippen LogP contribution in [0.4, 0.5) is 5.82 Å². The lowest BCUT2D eigenvalue weighted by atomic mass is 9.87. The molecule has 3 atom stereocenters. The van der Waals surface area contributed by atoms with E-state index < -0.39 is 0 Å². The molecule has 2 bridgehead atoms. The van der Waals surface area contributed by atoms with Crippen LogP contribution < -0.4 is 10.2 Å². The maximum Gasteiger partial charge on any atom is 0.128 e. The van der Waals surface area contributed by atoms with Crippen LogP contribution in [0, 0.1) is 16.7 Å². The Balaban J connectivity index is 1.29. The fourth-order valence-corrected chi connectivity index (χ4v) is 5.84. The lowest BCUT2D eigenvalue weighted by Gasteiger charge is -2.56. The van der Waals surface area contributed by atoms with Crippen molar-refractivity contribution >= 4 is 23.8 Å². The van der Waals surface area contributed by atoms with Crippen molar-refractivity contribution in [3.63, 3.8) is 0 Å². The Morgan fingerprint density at radius 2 is 2.10 bits per heavy atom. The first kappa shape index (κ1) is 27.6. The van der Waals surface area contributed by atoms with Gasteiger partial charge in [0.15, 0.2) is 0 Å². The largest absolute Gasteiger partial charge is 0.380 e. The van der Waals surface area contributed by atoms with Crippen molar-refractivity contribution in [2.24, 2.45) is 4.99 Å². The van der Waals surface area contributed by atoms with Crippen LogP contribution in [-0.4, -0.2) is 85.2 Å². The molecule has 0 saturated carbocycles. The molecule has 208 valence electrons. The van der Waals surface area contributed by atoms with Crippen LogP contribution in [0.5, 0.6) is 0 Å². The van der Waals surface area contributed by atoms with E-state index in [4.69, 9.17) is 15.1 Å². The second-order valence-corrected chi connectivity index (χ2v) is 10.8. The van der Waals surface area contributed by atoms with Crippen LogP contribution in [-0.2, 0) is 4.74 Å². The van der Waals surface area contributed by atoms with E-state index in [0.717, 1.165) is 79.3 Å². The Hall–Kier alpha value is -4.00. The summed E-state index contributed by atoms with van der Waals surface area (Å²) in [5.74, 6) is 0.961. The van der Waals surface area contributed by atoms with Gasteiger partial charge in [-0.1, -0.05) is 12.7 Å². The summed E-state index contributed by atoms with van der Waals surface area (Å²) in [5.41, 5.74) is 5.74. The van der Waals surface area contributed by atoms with Crippen LogP contribution in [0.1, 0.15) is 32.3 Å². The molecule has 1 aromatic rings. The minimum Gasteiger partial charge on any atom is -0.380 e. The van der Waals surface area contributed by atoms with Crippen molar-refractivity contribution in [2.45, 2.75) is 44.9 Å². The van der Waals surface area contributed by atoms with Gasteiger partial charge in [0.2, 0.25) is 0 Å². The average Bonchev–Trinajstić information content (AvgIpc) is 3.49. The minimum atomic E-state index is 0.215. The molecule has 6 rings (SSSR count). The first-order valence-electron chi connectivity index (χ1n) is 13.9. The van der Waals surface area contributed by atoms with Gasteiger partial charge >= 0.3 is 0 Å². The maximum atomic E-state index is 9.66. The summed E-state index contributed by atoms with van der Waals surface area (Å²) >= 11 is 0. The highest BCUT2D eigenvalue weighted by molar-refractivity contribution is 5.93. The zero-order valence-electron chi connectivity index (χ0n) is 23.6. The minimum absolute atomic E-state index is 0.215. The van der Waals surface area contributed by atoms with Crippen molar-refractivity contribution in [2.75, 3.05) is 44.7 Å². The molecule has 0 aliphatic carbocycles. The van der Waals surface area contributed by atoms with Crippen molar-refractivity contribution in [3.05, 3.63) is 77.1 Å². The van der Waals surface area contributed by atoms with Crippen molar-refractivity contribution in [1.82, 2.24) is 20.1 Å². The fraction of sp³-hybridized carbons (Fsp3) is 0.419. The van der Waals surface area contributed by atoms with Gasteiger partial charge in [-0.05, 0) is 50.5 Å². The van der Waals surface area contributed by atoms with E-state index >= 15 is 0 Å². The number of likely N-dealkylation sites (tertiary alicyclic amines) is 1. The van der Waals surface area contributed by atoms with E-state index in [1.807, 2.05) is 38.5 Å². The molecular formula is C31H38N8O. The number of nitrogens with one attached hydrogen (secondary N) is 2. The predicted octanol–water partition coefficient (Wildman–Crippen LogP) is 3.87. The van der Waals surface area contributed by atoms with Crippen LogP contribution in [0.25, 0.3) is 5.57 Å². The topological polar surface area (TPSA) is 104 Å². The number of nitrogens with zero attached hydrogens (tertiary/aromatic N) is 6. The zero-order valence-corrected chi connectivity index (χ0v) is 23.6. The summed E-state index contributed by atoms with van der Waals surface area (Å²) in [6, 6.07) is 7.26. The summed E-state index contributed by atoms with van der Waals surface area (Å²) in [6.07, 6.45) is 13.3. The quantitative estimate of drug-likeness (QED) is 0.363. The van der Waals surface area contributed by atoms with Crippen molar-refractivity contribution in [1.29, 1.82) is 10.7 Å². The number of hydrogen-bond donors (Lipinski definition) is 2. The smallest absolute Gasteiger partial charge is 0.128 e. The second-order valence-electron chi connectivity index (χ2n) is 10.8. The van der Waals surface area contributed by atoms with Crippen LogP contribution in [0.3, 0.4) is 0 Å². The normalized spacial score (nSPS) is 26.1. The average molecular weight is 539 g/mol. The van der Waals surface area contributed by atoms with Crippen LogP contribution in [0.15, 0.2) is 76.5 Å². The first-order valence-corrected chi connectivity index (χ1v) is 13.9.